The molecule has 0 aromatic heterocycles. The van der Waals surface area contributed by atoms with Gasteiger partial charge in [-0.05, 0) is 0 Å². The van der Waals surface area contributed by atoms with E-state index < -0.39 is 0 Å². The molecule has 11 heavy (non-hydrogen) atoms. The molecule has 0 aliphatic carbocycles. The quantitative estimate of drug-likeness (QED) is 0.530. The predicted octanol–water partition coefficient (Wildman–Crippen LogP) is -1.02. The highest BCUT2D eigenvalue weighted by Gasteiger charge is 2.36. The SMILES string of the molecule is O=C(C1CCO1)N1CC(O)C1. The van der Waals surface area contributed by atoms with E-state index in [0.29, 0.717) is 19.7 Å². The molecule has 62 valence electrons. The number of nitrogens with zero attached hydrogens (tertiary/aromatic N) is 1. The Kier molecular flexibility index (Phi) is 1.58. The van der Waals surface area contributed by atoms with Crippen LogP contribution < -0.4 is 0 Å². The number of rotatable bonds is 1. The Bertz CT molecular complexity index is 173. The molecule has 0 aromatic carbocycles. The molecule has 2 saturated heterocycles. The molecule has 0 spiro atoms. The van der Waals surface area contributed by atoms with Crippen LogP contribution in [0.15, 0.2) is 0 Å². The van der Waals surface area contributed by atoms with Crippen LogP contribution in [0.5, 0.6) is 0 Å². The van der Waals surface area contributed by atoms with Crippen LogP contribution in [0.2, 0.25) is 0 Å². The zero-order chi connectivity index (χ0) is 7.84. The smallest absolute Gasteiger partial charge is 0.251 e. The summed E-state index contributed by atoms with van der Waals surface area (Å²) < 4.78 is 5.01. The van der Waals surface area contributed by atoms with Crippen LogP contribution in [0, 0.1) is 0 Å². The fourth-order valence-electron chi connectivity index (χ4n) is 1.27. The van der Waals surface area contributed by atoms with E-state index in [1.165, 1.54) is 0 Å². The zero-order valence-corrected chi connectivity index (χ0v) is 6.19. The number of hydrogen-bond acceptors (Lipinski definition) is 3. The van der Waals surface area contributed by atoms with Gasteiger partial charge in [0.15, 0.2) is 0 Å². The summed E-state index contributed by atoms with van der Waals surface area (Å²) in [5, 5.41) is 8.91. The van der Waals surface area contributed by atoms with Crippen LogP contribution in [-0.4, -0.2) is 47.8 Å². The average molecular weight is 157 g/mol. The predicted molar refractivity (Wildman–Crippen MR) is 36.9 cm³/mol. The van der Waals surface area contributed by atoms with Crippen molar-refractivity contribution >= 4 is 5.91 Å². The Labute approximate surface area is 64.7 Å². The summed E-state index contributed by atoms with van der Waals surface area (Å²) >= 11 is 0. The van der Waals surface area contributed by atoms with Crippen LogP contribution in [0.1, 0.15) is 6.42 Å². The first-order valence-corrected chi connectivity index (χ1v) is 3.86. The maximum Gasteiger partial charge on any atom is 0.251 e. The van der Waals surface area contributed by atoms with Gasteiger partial charge in [0.25, 0.3) is 5.91 Å². The molecule has 0 bridgehead atoms. The minimum absolute atomic E-state index is 0.0431. The van der Waals surface area contributed by atoms with E-state index in [1.807, 2.05) is 0 Å². The average Bonchev–Trinajstić information content (AvgIpc) is 1.76. The van der Waals surface area contributed by atoms with Gasteiger partial charge in [0.1, 0.15) is 6.10 Å². The molecule has 1 amide bonds. The third-order valence-electron chi connectivity index (χ3n) is 2.15. The maximum atomic E-state index is 11.2. The second-order valence-electron chi connectivity index (χ2n) is 3.05. The Morgan fingerprint density at radius 2 is 2.18 bits per heavy atom. The van der Waals surface area contributed by atoms with Gasteiger partial charge < -0.3 is 14.7 Å². The Hall–Kier alpha value is -0.610. The fraction of sp³-hybridized carbons (Fsp3) is 0.857. The van der Waals surface area contributed by atoms with E-state index in [9.17, 15) is 4.79 Å². The second-order valence-corrected chi connectivity index (χ2v) is 3.05. The lowest BCUT2D eigenvalue weighted by atomic mass is 10.1. The standard InChI is InChI=1S/C7H11NO3/c9-5-3-8(4-5)7(10)6-1-2-11-6/h5-6,9H,1-4H2. The van der Waals surface area contributed by atoms with Gasteiger partial charge in [-0.2, -0.15) is 0 Å². The van der Waals surface area contributed by atoms with Crippen LogP contribution in [-0.2, 0) is 9.53 Å². The first-order valence-electron chi connectivity index (χ1n) is 3.86. The highest BCUT2D eigenvalue weighted by atomic mass is 16.5. The normalized spacial score (nSPS) is 31.0. The lowest BCUT2D eigenvalue weighted by Crippen LogP contribution is -2.58. The summed E-state index contributed by atoms with van der Waals surface area (Å²) in [6.45, 7) is 1.67. The molecule has 1 unspecified atom stereocenters. The van der Waals surface area contributed by atoms with Gasteiger partial charge in [0, 0.05) is 19.5 Å². The second kappa shape index (κ2) is 2.46. The lowest BCUT2D eigenvalue weighted by Gasteiger charge is -2.39. The zero-order valence-electron chi connectivity index (χ0n) is 6.19. The van der Waals surface area contributed by atoms with Gasteiger partial charge in [-0.15, -0.1) is 0 Å². The van der Waals surface area contributed by atoms with Crippen molar-refractivity contribution in [3.8, 4) is 0 Å². The largest absolute Gasteiger partial charge is 0.389 e. The first kappa shape index (κ1) is 7.06. The summed E-state index contributed by atoms with van der Waals surface area (Å²) in [4.78, 5) is 12.9. The maximum absolute atomic E-state index is 11.2. The molecule has 4 nitrogen and oxygen atoms in total. The summed E-state index contributed by atoms with van der Waals surface area (Å²) in [5.74, 6) is 0.0431. The van der Waals surface area contributed by atoms with Crippen molar-refractivity contribution in [2.45, 2.75) is 18.6 Å². The molecule has 0 saturated carbocycles. The van der Waals surface area contributed by atoms with Crippen LogP contribution in [0.3, 0.4) is 0 Å². The third-order valence-corrected chi connectivity index (χ3v) is 2.15. The first-order chi connectivity index (χ1) is 5.27. The molecule has 4 heteroatoms. The van der Waals surface area contributed by atoms with E-state index in [4.69, 9.17) is 9.84 Å². The molecule has 2 fully saturated rings. The molecule has 2 aliphatic heterocycles. The number of aliphatic hydroxyl groups excluding tert-OH is 1. The molecule has 1 N–H and O–H groups in total. The third kappa shape index (κ3) is 1.12. The van der Waals surface area contributed by atoms with Crippen molar-refractivity contribution in [3.63, 3.8) is 0 Å². The highest BCUT2D eigenvalue weighted by molar-refractivity contribution is 5.82. The van der Waals surface area contributed by atoms with Crippen LogP contribution in [0.4, 0.5) is 0 Å². The summed E-state index contributed by atoms with van der Waals surface area (Å²) in [5.41, 5.74) is 0. The number of hydrogen-bond donors (Lipinski definition) is 1. The molecular formula is C7H11NO3. The molecule has 2 rings (SSSR count). The van der Waals surface area contributed by atoms with Crippen LogP contribution >= 0.6 is 0 Å². The van der Waals surface area contributed by atoms with E-state index in [1.54, 1.807) is 4.90 Å². The number of β-amino-alcohol motifs (C(OH)–C–C–N with tert-alkyl or cyclic N) is 1. The molecule has 0 radical (unpaired) electrons. The Balaban J connectivity index is 1.81. The van der Waals surface area contributed by atoms with E-state index in [-0.39, 0.29) is 18.1 Å². The monoisotopic (exact) mass is 157 g/mol. The molecule has 0 aromatic rings. The minimum Gasteiger partial charge on any atom is -0.389 e. The van der Waals surface area contributed by atoms with Gasteiger partial charge in [-0.3, -0.25) is 4.79 Å². The van der Waals surface area contributed by atoms with E-state index in [0.717, 1.165) is 6.42 Å². The van der Waals surface area contributed by atoms with Crippen molar-refractivity contribution in [1.82, 2.24) is 4.90 Å². The van der Waals surface area contributed by atoms with E-state index >= 15 is 0 Å². The number of ether oxygens (including phenoxy) is 1. The van der Waals surface area contributed by atoms with Gasteiger partial charge in [0.2, 0.25) is 0 Å². The summed E-state index contributed by atoms with van der Waals surface area (Å²) in [7, 11) is 0. The summed E-state index contributed by atoms with van der Waals surface area (Å²) in [6, 6.07) is 0. The number of carbonyl (C=O) groups excluding carboxylic acids is 1. The molecule has 2 aliphatic rings. The van der Waals surface area contributed by atoms with Gasteiger partial charge in [-0.25, -0.2) is 0 Å². The topological polar surface area (TPSA) is 49.8 Å². The van der Waals surface area contributed by atoms with Gasteiger partial charge >= 0.3 is 0 Å². The number of aliphatic hydroxyl groups is 1. The molecule has 1 atom stereocenters. The Morgan fingerprint density at radius 3 is 2.55 bits per heavy atom. The number of carbonyl (C=O) groups is 1. The van der Waals surface area contributed by atoms with Crippen molar-refractivity contribution < 1.29 is 14.6 Å². The van der Waals surface area contributed by atoms with Crippen molar-refractivity contribution in [3.05, 3.63) is 0 Å². The van der Waals surface area contributed by atoms with Gasteiger partial charge in [-0.1, -0.05) is 0 Å². The van der Waals surface area contributed by atoms with Crippen molar-refractivity contribution in [1.29, 1.82) is 0 Å². The van der Waals surface area contributed by atoms with Gasteiger partial charge in [0.05, 0.1) is 12.7 Å². The Morgan fingerprint density at radius 1 is 1.55 bits per heavy atom. The van der Waals surface area contributed by atoms with Crippen LogP contribution in [0.25, 0.3) is 0 Å². The van der Waals surface area contributed by atoms with E-state index in [2.05, 4.69) is 0 Å². The molecular weight excluding hydrogens is 146 g/mol. The van der Waals surface area contributed by atoms with Crippen molar-refractivity contribution in [2.75, 3.05) is 19.7 Å². The fourth-order valence-corrected chi connectivity index (χ4v) is 1.27. The summed E-state index contributed by atoms with van der Waals surface area (Å²) in [6.07, 6.45) is 0.326. The number of amides is 1. The van der Waals surface area contributed by atoms with Crippen molar-refractivity contribution in [2.24, 2.45) is 0 Å². The number of likely N-dealkylation sites (tertiary alicyclic amines) is 1. The molecule has 2 heterocycles. The minimum atomic E-state index is -0.306. The highest BCUT2D eigenvalue weighted by Crippen LogP contribution is 2.17. The lowest BCUT2D eigenvalue weighted by molar-refractivity contribution is -0.165.